The van der Waals surface area contributed by atoms with E-state index in [1.165, 1.54) is 6.08 Å². The first-order valence-corrected chi connectivity index (χ1v) is 6.73. The summed E-state index contributed by atoms with van der Waals surface area (Å²) in [6.45, 7) is 3.78. The Balaban J connectivity index is 2.68. The van der Waals surface area contributed by atoms with Gasteiger partial charge in [-0.15, -0.1) is 0 Å². The van der Waals surface area contributed by atoms with Gasteiger partial charge in [-0.2, -0.15) is 0 Å². The lowest BCUT2D eigenvalue weighted by atomic mass is 10.1. The smallest absolute Gasteiger partial charge is 0.244 e. The number of carbonyl (C=O) groups is 1. The van der Waals surface area contributed by atoms with Crippen LogP contribution in [0.1, 0.15) is 19.4 Å². The van der Waals surface area contributed by atoms with Crippen LogP contribution in [0.5, 0.6) is 0 Å². The summed E-state index contributed by atoms with van der Waals surface area (Å²) < 4.78 is 0. The topological polar surface area (TPSA) is 49.3 Å². The summed E-state index contributed by atoms with van der Waals surface area (Å²) in [5, 5.41) is 12.9. The van der Waals surface area contributed by atoms with Crippen LogP contribution in [0.25, 0.3) is 6.08 Å². The number of aliphatic hydroxyl groups excluding tert-OH is 1. The van der Waals surface area contributed by atoms with E-state index in [1.54, 1.807) is 24.3 Å². The van der Waals surface area contributed by atoms with Crippen LogP contribution in [-0.4, -0.2) is 23.7 Å². The van der Waals surface area contributed by atoms with E-state index in [2.05, 4.69) is 5.32 Å². The first-order chi connectivity index (χ1) is 8.92. The molecule has 2 N–H and O–H groups in total. The second-order valence-corrected chi connectivity index (χ2v) is 5.45. The zero-order valence-corrected chi connectivity index (χ0v) is 12.4. The van der Waals surface area contributed by atoms with Gasteiger partial charge in [-0.25, -0.2) is 0 Å². The van der Waals surface area contributed by atoms with Gasteiger partial charge in [0.1, 0.15) is 0 Å². The summed E-state index contributed by atoms with van der Waals surface area (Å²) in [4.78, 5) is 11.7. The zero-order chi connectivity index (χ0) is 14.4. The van der Waals surface area contributed by atoms with Crippen molar-refractivity contribution in [1.29, 1.82) is 0 Å². The average molecular weight is 302 g/mol. The predicted octanol–water partition coefficient (Wildman–Crippen LogP) is 3.14. The Morgan fingerprint density at radius 2 is 1.89 bits per heavy atom. The molecule has 1 aromatic rings. The molecule has 1 aromatic carbocycles. The molecule has 0 radical (unpaired) electrons. The number of hydrogen-bond donors (Lipinski definition) is 2. The normalized spacial score (nSPS) is 12.9. The molecule has 0 bridgehead atoms. The van der Waals surface area contributed by atoms with Crippen molar-refractivity contribution < 1.29 is 9.90 Å². The molecule has 1 amide bonds. The van der Waals surface area contributed by atoms with Crippen molar-refractivity contribution in [2.75, 3.05) is 6.61 Å². The molecular weight excluding hydrogens is 285 g/mol. The summed E-state index contributed by atoms with van der Waals surface area (Å²) >= 11 is 11.7. The summed E-state index contributed by atoms with van der Waals surface area (Å²) in [5.41, 5.74) is 0.748. The molecule has 0 saturated carbocycles. The molecule has 0 aliphatic carbocycles. The van der Waals surface area contributed by atoms with Gasteiger partial charge in [0.15, 0.2) is 0 Å². The Labute approximate surface area is 123 Å². The molecule has 3 nitrogen and oxygen atoms in total. The van der Waals surface area contributed by atoms with E-state index >= 15 is 0 Å². The van der Waals surface area contributed by atoms with E-state index in [1.807, 2.05) is 13.8 Å². The Morgan fingerprint density at radius 1 is 1.32 bits per heavy atom. The van der Waals surface area contributed by atoms with E-state index in [4.69, 9.17) is 28.3 Å². The van der Waals surface area contributed by atoms with Crippen molar-refractivity contribution in [2.24, 2.45) is 5.92 Å². The minimum Gasteiger partial charge on any atom is -0.394 e. The number of rotatable bonds is 5. The Kier molecular flexibility index (Phi) is 6.35. The highest BCUT2D eigenvalue weighted by Gasteiger charge is 2.13. The predicted molar refractivity (Wildman–Crippen MR) is 79.4 cm³/mol. The number of aliphatic hydroxyl groups is 1. The maximum Gasteiger partial charge on any atom is 0.244 e. The fourth-order valence-electron chi connectivity index (χ4n) is 1.50. The molecule has 0 heterocycles. The molecule has 1 atom stereocenters. The van der Waals surface area contributed by atoms with Crippen LogP contribution in [0.15, 0.2) is 24.3 Å². The van der Waals surface area contributed by atoms with Crippen molar-refractivity contribution in [2.45, 2.75) is 19.9 Å². The summed E-state index contributed by atoms with van der Waals surface area (Å²) in [6.07, 6.45) is 3.02. The van der Waals surface area contributed by atoms with Crippen LogP contribution >= 0.6 is 23.2 Å². The average Bonchev–Trinajstić information content (AvgIpc) is 2.32. The molecule has 0 saturated heterocycles. The molecule has 0 aromatic heterocycles. The molecule has 5 heteroatoms. The highest BCUT2D eigenvalue weighted by Crippen LogP contribution is 2.19. The molecule has 1 rings (SSSR count). The van der Waals surface area contributed by atoms with Crippen LogP contribution in [0.3, 0.4) is 0 Å². The maximum absolute atomic E-state index is 11.7. The number of nitrogens with one attached hydrogen (secondary N) is 1. The lowest BCUT2D eigenvalue weighted by molar-refractivity contribution is -0.117. The molecule has 104 valence electrons. The highest BCUT2D eigenvalue weighted by atomic mass is 35.5. The maximum atomic E-state index is 11.7. The fraction of sp³-hybridized carbons (Fsp3) is 0.357. The SMILES string of the molecule is CC(C)[C@@H](CO)NC(=O)C=Cc1cc(Cl)cc(Cl)c1. The number of benzene rings is 1. The van der Waals surface area contributed by atoms with Crippen molar-refractivity contribution in [3.63, 3.8) is 0 Å². The number of halogens is 2. The third kappa shape index (κ3) is 5.64. The van der Waals surface area contributed by atoms with Gasteiger partial charge in [-0.3, -0.25) is 4.79 Å². The van der Waals surface area contributed by atoms with Crippen LogP contribution in [0, 0.1) is 5.92 Å². The second kappa shape index (κ2) is 7.53. The third-order valence-electron chi connectivity index (χ3n) is 2.64. The first kappa shape index (κ1) is 16.0. The van der Waals surface area contributed by atoms with E-state index < -0.39 is 0 Å². The van der Waals surface area contributed by atoms with Crippen molar-refractivity contribution in [3.05, 3.63) is 39.9 Å². The minimum absolute atomic E-state index is 0.0831. The molecule has 0 spiro atoms. The molecule has 19 heavy (non-hydrogen) atoms. The fourth-order valence-corrected chi connectivity index (χ4v) is 2.04. The van der Waals surface area contributed by atoms with Crippen LogP contribution in [0.2, 0.25) is 10.0 Å². The van der Waals surface area contributed by atoms with Crippen molar-refractivity contribution in [3.8, 4) is 0 Å². The van der Waals surface area contributed by atoms with Crippen LogP contribution in [0.4, 0.5) is 0 Å². The zero-order valence-electron chi connectivity index (χ0n) is 10.9. The number of carbonyl (C=O) groups excluding carboxylic acids is 1. The monoisotopic (exact) mass is 301 g/mol. The lowest BCUT2D eigenvalue weighted by Crippen LogP contribution is -2.40. The number of amides is 1. The summed E-state index contributed by atoms with van der Waals surface area (Å²) in [6, 6.07) is 4.80. The quantitative estimate of drug-likeness (QED) is 0.821. The first-order valence-electron chi connectivity index (χ1n) is 5.98. The summed E-state index contributed by atoms with van der Waals surface area (Å²) in [5.74, 6) is -0.0909. The largest absolute Gasteiger partial charge is 0.394 e. The number of hydrogen-bond acceptors (Lipinski definition) is 2. The lowest BCUT2D eigenvalue weighted by Gasteiger charge is -2.18. The van der Waals surface area contributed by atoms with E-state index in [0.717, 1.165) is 5.56 Å². The molecule has 0 fully saturated rings. The van der Waals surface area contributed by atoms with Gasteiger partial charge in [0, 0.05) is 16.1 Å². The Hall–Kier alpha value is -1.03. The van der Waals surface area contributed by atoms with Gasteiger partial charge < -0.3 is 10.4 Å². The van der Waals surface area contributed by atoms with Crippen molar-refractivity contribution >= 4 is 35.2 Å². The minimum atomic E-state index is -0.260. The van der Waals surface area contributed by atoms with E-state index in [-0.39, 0.29) is 24.5 Å². The highest BCUT2D eigenvalue weighted by molar-refractivity contribution is 6.34. The molecular formula is C14H17Cl2NO2. The standard InChI is InChI=1S/C14H17Cl2NO2/c1-9(2)13(8-18)17-14(19)4-3-10-5-11(15)7-12(16)6-10/h3-7,9,13,18H,8H2,1-2H3,(H,17,19)/t13-/m1/s1. The molecule has 0 aliphatic rings. The van der Waals surface area contributed by atoms with Gasteiger partial charge in [0.05, 0.1) is 12.6 Å². The molecule has 0 aliphatic heterocycles. The van der Waals surface area contributed by atoms with Gasteiger partial charge >= 0.3 is 0 Å². The van der Waals surface area contributed by atoms with Crippen LogP contribution in [-0.2, 0) is 4.79 Å². The van der Waals surface area contributed by atoms with Gasteiger partial charge in [0.2, 0.25) is 5.91 Å². The Bertz CT molecular complexity index is 452. The van der Waals surface area contributed by atoms with Crippen LogP contribution < -0.4 is 5.32 Å². The van der Waals surface area contributed by atoms with E-state index in [9.17, 15) is 4.79 Å². The second-order valence-electron chi connectivity index (χ2n) is 4.58. The van der Waals surface area contributed by atoms with Gasteiger partial charge in [0.25, 0.3) is 0 Å². The van der Waals surface area contributed by atoms with Gasteiger partial charge in [-0.1, -0.05) is 37.0 Å². The molecule has 0 unspecified atom stereocenters. The van der Waals surface area contributed by atoms with Crippen molar-refractivity contribution in [1.82, 2.24) is 5.32 Å². The van der Waals surface area contributed by atoms with Gasteiger partial charge in [-0.05, 0) is 35.8 Å². The van der Waals surface area contributed by atoms with E-state index in [0.29, 0.717) is 10.0 Å². The Morgan fingerprint density at radius 3 is 2.37 bits per heavy atom. The summed E-state index contributed by atoms with van der Waals surface area (Å²) in [7, 11) is 0. The third-order valence-corrected chi connectivity index (χ3v) is 3.08.